The van der Waals surface area contributed by atoms with Crippen LogP contribution in [0.1, 0.15) is 16.8 Å². The third-order valence-corrected chi connectivity index (χ3v) is 3.95. The molecule has 0 unspecified atom stereocenters. The molecule has 1 aromatic carbocycles. The van der Waals surface area contributed by atoms with Crippen LogP contribution >= 0.6 is 12.4 Å². The first-order chi connectivity index (χ1) is 13.6. The summed E-state index contributed by atoms with van der Waals surface area (Å²) in [5.74, 6) is -0.204. The Kier molecular flexibility index (Phi) is 11.0. The zero-order chi connectivity index (χ0) is 20.4. The van der Waals surface area contributed by atoms with Gasteiger partial charge in [0, 0.05) is 31.6 Å². The number of amides is 4. The molecule has 0 spiro atoms. The molecule has 29 heavy (non-hydrogen) atoms. The summed E-state index contributed by atoms with van der Waals surface area (Å²) in [4.78, 5) is 37.2. The van der Waals surface area contributed by atoms with Crippen LogP contribution in [0.25, 0.3) is 0 Å². The predicted octanol–water partition coefficient (Wildman–Crippen LogP) is 0.285. The summed E-state index contributed by atoms with van der Waals surface area (Å²) in [6.07, 6.45) is 0.178. The smallest absolute Gasteiger partial charge is 0.328 e. The van der Waals surface area contributed by atoms with Gasteiger partial charge in [0.25, 0.3) is 5.91 Å². The van der Waals surface area contributed by atoms with E-state index in [1.807, 2.05) is 0 Å². The largest absolute Gasteiger partial charge is 0.495 e. The fourth-order valence-electron chi connectivity index (χ4n) is 2.58. The van der Waals surface area contributed by atoms with Crippen LogP contribution in [0.2, 0.25) is 0 Å². The van der Waals surface area contributed by atoms with E-state index in [-0.39, 0.29) is 37.2 Å². The number of ether oxygens (including phenoxy) is 3. The lowest BCUT2D eigenvalue weighted by Crippen LogP contribution is -2.49. The van der Waals surface area contributed by atoms with Crippen molar-refractivity contribution in [1.82, 2.24) is 10.6 Å². The fraction of sp³-hybridized carbons (Fsp3) is 0.500. The van der Waals surface area contributed by atoms with E-state index >= 15 is 0 Å². The molecule has 4 amide bonds. The highest BCUT2D eigenvalue weighted by Gasteiger charge is 2.27. The average Bonchev–Trinajstić information content (AvgIpc) is 2.69. The summed E-state index contributed by atoms with van der Waals surface area (Å²) in [6.45, 7) is 2.72. The maximum atomic E-state index is 12.4. The second-order valence-electron chi connectivity index (χ2n) is 5.91. The van der Waals surface area contributed by atoms with Crippen molar-refractivity contribution in [3.63, 3.8) is 0 Å². The standard InChI is InChI=1S/C18H26N4O6.ClH/c1-26-15-3-2-13(12-14(15)22-7-4-16(23)21-18(22)25)17(24)20-6-9-28-11-10-27-8-5-19;/h2-3,12H,4-11,19H2,1H3,(H,20,24)(H,21,23,25);1H. The Morgan fingerprint density at radius 3 is 2.59 bits per heavy atom. The lowest BCUT2D eigenvalue weighted by atomic mass is 10.1. The van der Waals surface area contributed by atoms with E-state index in [4.69, 9.17) is 19.9 Å². The van der Waals surface area contributed by atoms with E-state index in [9.17, 15) is 14.4 Å². The Morgan fingerprint density at radius 2 is 1.93 bits per heavy atom. The number of rotatable bonds is 11. The van der Waals surface area contributed by atoms with Crippen LogP contribution in [0.4, 0.5) is 10.5 Å². The predicted molar refractivity (Wildman–Crippen MR) is 109 cm³/mol. The topological polar surface area (TPSA) is 132 Å². The lowest BCUT2D eigenvalue weighted by Gasteiger charge is -2.28. The van der Waals surface area contributed by atoms with E-state index in [1.54, 1.807) is 18.2 Å². The molecule has 1 saturated heterocycles. The van der Waals surface area contributed by atoms with Crippen LogP contribution in [-0.2, 0) is 14.3 Å². The number of carbonyl (C=O) groups is 3. The molecule has 11 heteroatoms. The number of nitrogens with one attached hydrogen (secondary N) is 2. The molecule has 2 rings (SSSR count). The number of hydrogen-bond acceptors (Lipinski definition) is 7. The summed E-state index contributed by atoms with van der Waals surface area (Å²) >= 11 is 0. The SMILES string of the molecule is COc1ccc(C(=O)NCCOCCOCCN)cc1N1CCC(=O)NC1=O.Cl. The molecule has 0 bridgehead atoms. The van der Waals surface area contributed by atoms with Gasteiger partial charge in [-0.05, 0) is 18.2 Å². The van der Waals surface area contributed by atoms with Crippen LogP contribution in [0.15, 0.2) is 18.2 Å². The van der Waals surface area contributed by atoms with Crippen LogP contribution in [-0.4, -0.2) is 71.0 Å². The number of imide groups is 1. The van der Waals surface area contributed by atoms with E-state index < -0.39 is 6.03 Å². The van der Waals surface area contributed by atoms with Gasteiger partial charge in [-0.3, -0.25) is 19.8 Å². The molecule has 1 aromatic rings. The van der Waals surface area contributed by atoms with Crippen LogP contribution in [0.3, 0.4) is 0 Å². The zero-order valence-corrected chi connectivity index (χ0v) is 17.1. The molecule has 0 atom stereocenters. The highest BCUT2D eigenvalue weighted by molar-refractivity contribution is 6.07. The van der Waals surface area contributed by atoms with Crippen molar-refractivity contribution in [1.29, 1.82) is 0 Å². The Hall–Kier alpha value is -2.40. The normalized spacial score (nSPS) is 13.5. The molecule has 1 aliphatic heterocycles. The minimum atomic E-state index is -0.544. The van der Waals surface area contributed by atoms with Gasteiger partial charge in [0.1, 0.15) is 5.75 Å². The number of anilines is 1. The second kappa shape index (κ2) is 12.9. The lowest BCUT2D eigenvalue weighted by molar-refractivity contribution is -0.120. The van der Waals surface area contributed by atoms with E-state index in [1.165, 1.54) is 12.0 Å². The van der Waals surface area contributed by atoms with Gasteiger partial charge in [-0.2, -0.15) is 0 Å². The molecule has 0 aliphatic carbocycles. The first-order valence-corrected chi connectivity index (χ1v) is 9.00. The molecule has 1 heterocycles. The van der Waals surface area contributed by atoms with Gasteiger partial charge in [-0.15, -0.1) is 12.4 Å². The summed E-state index contributed by atoms with van der Waals surface area (Å²) in [5.41, 5.74) is 6.10. The van der Waals surface area contributed by atoms with Crippen molar-refractivity contribution < 1.29 is 28.6 Å². The van der Waals surface area contributed by atoms with E-state index in [0.717, 1.165) is 0 Å². The van der Waals surface area contributed by atoms with E-state index in [0.29, 0.717) is 56.5 Å². The van der Waals surface area contributed by atoms with Crippen molar-refractivity contribution >= 4 is 35.9 Å². The highest BCUT2D eigenvalue weighted by atomic mass is 35.5. The minimum Gasteiger partial charge on any atom is -0.495 e. The van der Waals surface area contributed by atoms with Crippen LogP contribution in [0.5, 0.6) is 5.75 Å². The highest BCUT2D eigenvalue weighted by Crippen LogP contribution is 2.30. The summed E-state index contributed by atoms with van der Waals surface area (Å²) in [5, 5.41) is 5.00. The van der Waals surface area contributed by atoms with Crippen molar-refractivity contribution in [2.24, 2.45) is 5.73 Å². The number of benzene rings is 1. The van der Waals surface area contributed by atoms with Gasteiger partial charge < -0.3 is 25.3 Å². The van der Waals surface area contributed by atoms with Crippen molar-refractivity contribution in [3.8, 4) is 5.75 Å². The minimum absolute atomic E-state index is 0. The third kappa shape index (κ3) is 7.50. The molecule has 4 N–H and O–H groups in total. The molecular weight excluding hydrogens is 404 g/mol. The Bertz CT molecular complexity index is 703. The fourth-order valence-corrected chi connectivity index (χ4v) is 2.58. The van der Waals surface area contributed by atoms with Gasteiger partial charge in [0.05, 0.1) is 39.2 Å². The third-order valence-electron chi connectivity index (χ3n) is 3.95. The summed E-state index contributed by atoms with van der Waals surface area (Å²) in [7, 11) is 1.47. The molecule has 0 saturated carbocycles. The molecule has 1 fully saturated rings. The van der Waals surface area contributed by atoms with Gasteiger partial charge in [0.2, 0.25) is 5.91 Å². The Balaban J connectivity index is 0.00000420. The van der Waals surface area contributed by atoms with Crippen molar-refractivity contribution in [2.45, 2.75) is 6.42 Å². The van der Waals surface area contributed by atoms with E-state index in [2.05, 4.69) is 10.6 Å². The monoisotopic (exact) mass is 430 g/mol. The Labute approximate surface area is 175 Å². The van der Waals surface area contributed by atoms with Gasteiger partial charge >= 0.3 is 6.03 Å². The van der Waals surface area contributed by atoms with Gasteiger partial charge in [0.15, 0.2) is 0 Å². The average molecular weight is 431 g/mol. The molecule has 0 aromatic heterocycles. The van der Waals surface area contributed by atoms with Gasteiger partial charge in [-0.1, -0.05) is 0 Å². The molecule has 162 valence electrons. The van der Waals surface area contributed by atoms with Crippen LogP contribution < -0.4 is 26.0 Å². The maximum absolute atomic E-state index is 12.4. The van der Waals surface area contributed by atoms with Crippen LogP contribution in [0, 0.1) is 0 Å². The van der Waals surface area contributed by atoms with Crippen molar-refractivity contribution in [2.75, 3.05) is 58.1 Å². The number of urea groups is 1. The number of nitrogens with zero attached hydrogens (tertiary/aromatic N) is 1. The first-order valence-electron chi connectivity index (χ1n) is 9.00. The van der Waals surface area contributed by atoms with Crippen molar-refractivity contribution in [3.05, 3.63) is 23.8 Å². The first kappa shape index (κ1) is 24.6. The molecule has 0 radical (unpaired) electrons. The summed E-state index contributed by atoms with van der Waals surface area (Å²) < 4.78 is 15.8. The molecule has 1 aliphatic rings. The summed E-state index contributed by atoms with van der Waals surface area (Å²) in [6, 6.07) is 4.23. The second-order valence-corrected chi connectivity index (χ2v) is 5.91. The Morgan fingerprint density at radius 1 is 1.21 bits per heavy atom. The molecule has 10 nitrogen and oxygen atoms in total. The zero-order valence-electron chi connectivity index (χ0n) is 16.3. The number of hydrogen-bond donors (Lipinski definition) is 3. The number of carbonyl (C=O) groups excluding carboxylic acids is 3. The number of halogens is 1. The number of nitrogens with two attached hydrogens (primary N) is 1. The maximum Gasteiger partial charge on any atom is 0.328 e. The quantitative estimate of drug-likeness (QED) is 0.429. The van der Waals surface area contributed by atoms with Gasteiger partial charge in [-0.25, -0.2) is 4.79 Å². The molecular formula is C18H27ClN4O6. The number of methoxy groups -OCH3 is 1.